The molecule has 0 spiro atoms. The number of rotatable bonds is 10. The van der Waals surface area contributed by atoms with Gasteiger partial charge in [-0.15, -0.1) is 0 Å². The van der Waals surface area contributed by atoms with Gasteiger partial charge in [-0.3, -0.25) is 9.36 Å². The maximum atomic E-state index is 13.8. The number of carbonyl (C=O) groups excluding carboxylic acids is 1. The first kappa shape index (κ1) is 29.3. The van der Waals surface area contributed by atoms with E-state index < -0.39 is 12.0 Å². The van der Waals surface area contributed by atoms with E-state index in [0.717, 1.165) is 16.7 Å². The van der Waals surface area contributed by atoms with Gasteiger partial charge in [-0.05, 0) is 61.4 Å². The minimum Gasteiger partial charge on any atom is -0.490 e. The molecule has 43 heavy (non-hydrogen) atoms. The number of hydrogen-bond donors (Lipinski definition) is 0. The molecule has 0 N–H and O–H groups in total. The first-order chi connectivity index (χ1) is 20.9. The maximum absolute atomic E-state index is 13.8. The molecule has 0 bridgehead atoms. The van der Waals surface area contributed by atoms with Crippen LogP contribution < -0.4 is 24.4 Å². The second-order valence-electron chi connectivity index (χ2n) is 9.60. The van der Waals surface area contributed by atoms with Gasteiger partial charge in [0.05, 0.1) is 40.1 Å². The van der Waals surface area contributed by atoms with Gasteiger partial charge in [0.15, 0.2) is 4.80 Å². The van der Waals surface area contributed by atoms with Crippen molar-refractivity contribution in [3.05, 3.63) is 139 Å². The van der Waals surface area contributed by atoms with Crippen LogP contribution in [0.5, 0.6) is 11.5 Å². The molecule has 8 nitrogen and oxygen atoms in total. The van der Waals surface area contributed by atoms with Gasteiger partial charge in [0.2, 0.25) is 0 Å². The van der Waals surface area contributed by atoms with Crippen molar-refractivity contribution < 1.29 is 19.0 Å². The van der Waals surface area contributed by atoms with Crippen LogP contribution in [0.15, 0.2) is 107 Å². The number of allylic oxidation sites excluding steroid dienone is 1. The summed E-state index contributed by atoms with van der Waals surface area (Å²) in [6, 6.07) is 23.4. The Kier molecular flexibility index (Phi) is 8.99. The highest BCUT2D eigenvalue weighted by molar-refractivity contribution is 7.07. The zero-order valence-corrected chi connectivity index (χ0v) is 24.6. The average molecular weight is 592 g/mol. The van der Waals surface area contributed by atoms with Gasteiger partial charge < -0.3 is 14.2 Å². The molecule has 0 amide bonds. The van der Waals surface area contributed by atoms with E-state index in [1.807, 2.05) is 54.6 Å². The first-order valence-corrected chi connectivity index (χ1v) is 14.5. The highest BCUT2D eigenvalue weighted by Crippen LogP contribution is 2.31. The molecule has 3 aromatic carbocycles. The number of esters is 1. The average Bonchev–Trinajstić information content (AvgIpc) is 3.33. The number of ether oxygens (including phenoxy) is 3. The van der Waals surface area contributed by atoms with E-state index in [4.69, 9.17) is 14.2 Å². The minimum absolute atomic E-state index is 0.200. The molecule has 9 heteroatoms. The predicted molar refractivity (Wildman–Crippen MR) is 164 cm³/mol. The Morgan fingerprint density at radius 1 is 1.07 bits per heavy atom. The largest absolute Gasteiger partial charge is 0.490 e. The van der Waals surface area contributed by atoms with Crippen LogP contribution in [-0.2, 0) is 16.1 Å². The summed E-state index contributed by atoms with van der Waals surface area (Å²) in [5, 5.41) is 9.30. The van der Waals surface area contributed by atoms with Crippen LogP contribution >= 0.6 is 11.3 Å². The van der Waals surface area contributed by atoms with Crippen molar-refractivity contribution in [1.29, 1.82) is 5.26 Å². The van der Waals surface area contributed by atoms with Gasteiger partial charge >= 0.3 is 5.97 Å². The number of nitriles is 1. The summed E-state index contributed by atoms with van der Waals surface area (Å²) in [7, 11) is 0. The van der Waals surface area contributed by atoms with Crippen molar-refractivity contribution >= 4 is 23.4 Å². The van der Waals surface area contributed by atoms with Crippen LogP contribution in [0.2, 0.25) is 0 Å². The Morgan fingerprint density at radius 2 is 1.77 bits per heavy atom. The molecule has 0 radical (unpaired) electrons. The summed E-state index contributed by atoms with van der Waals surface area (Å²) in [5.74, 6) is 0.778. The van der Waals surface area contributed by atoms with E-state index >= 15 is 0 Å². The van der Waals surface area contributed by atoms with Gasteiger partial charge in [0, 0.05) is 5.56 Å². The highest BCUT2D eigenvalue weighted by atomic mass is 32.1. The minimum atomic E-state index is -0.710. The van der Waals surface area contributed by atoms with Gasteiger partial charge in [0.1, 0.15) is 24.7 Å². The Bertz CT molecular complexity index is 1910. The summed E-state index contributed by atoms with van der Waals surface area (Å²) in [4.78, 5) is 32.1. The number of benzene rings is 3. The van der Waals surface area contributed by atoms with Gasteiger partial charge in [0.25, 0.3) is 5.56 Å². The SMILES string of the molecule is C=CCOc1ccc(C2C(C(=O)OCC)=C(C)N=c3s/c(=C\c4ccc(OCc5ccccc5C#N)cc4)c(=O)n32)cc1. The van der Waals surface area contributed by atoms with Gasteiger partial charge in [-0.1, -0.05) is 66.5 Å². The van der Waals surface area contributed by atoms with Crippen molar-refractivity contribution in [2.24, 2.45) is 4.99 Å². The molecule has 1 aliphatic rings. The second kappa shape index (κ2) is 13.2. The Balaban J connectivity index is 1.48. The quantitative estimate of drug-likeness (QED) is 0.194. The third-order valence-corrected chi connectivity index (χ3v) is 7.77. The molecule has 2 heterocycles. The number of thiazole rings is 1. The van der Waals surface area contributed by atoms with Crippen LogP contribution in [-0.4, -0.2) is 23.8 Å². The number of hydrogen-bond acceptors (Lipinski definition) is 8. The maximum Gasteiger partial charge on any atom is 0.338 e. The third-order valence-electron chi connectivity index (χ3n) is 6.79. The van der Waals surface area contributed by atoms with Crippen molar-refractivity contribution in [3.8, 4) is 17.6 Å². The van der Waals surface area contributed by atoms with E-state index in [2.05, 4.69) is 17.6 Å². The van der Waals surface area contributed by atoms with Crippen LogP contribution in [0.25, 0.3) is 6.08 Å². The standard InChI is InChI=1S/C34H29N3O5S/c1-4-18-41-27-16-12-24(13-17-27)31-30(33(39)40-5-2)22(3)36-34-37(31)32(38)29(43-34)19-23-10-14-28(15-11-23)42-21-26-9-7-6-8-25(26)20-35/h4,6-17,19,31H,1,5,18,21H2,2-3H3/b29-19-. The smallest absolute Gasteiger partial charge is 0.338 e. The molecular formula is C34H29N3O5S. The second-order valence-corrected chi connectivity index (χ2v) is 10.6. The molecule has 1 aromatic heterocycles. The lowest BCUT2D eigenvalue weighted by molar-refractivity contribution is -0.139. The number of nitrogens with zero attached hydrogens (tertiary/aromatic N) is 3. The summed E-state index contributed by atoms with van der Waals surface area (Å²) < 4.78 is 18.9. The van der Waals surface area contributed by atoms with E-state index in [1.54, 1.807) is 48.8 Å². The lowest BCUT2D eigenvalue weighted by Crippen LogP contribution is -2.39. The molecule has 0 aliphatic carbocycles. The number of carbonyl (C=O) groups is 1. The lowest BCUT2D eigenvalue weighted by atomic mass is 9.96. The normalized spacial score (nSPS) is 14.3. The van der Waals surface area contributed by atoms with Gasteiger partial charge in [-0.2, -0.15) is 5.26 Å². The van der Waals surface area contributed by atoms with Crippen LogP contribution in [0.1, 0.15) is 42.1 Å². The fraction of sp³-hybridized carbons (Fsp3) is 0.176. The Hall–Kier alpha value is -5.20. The highest BCUT2D eigenvalue weighted by Gasteiger charge is 2.33. The summed E-state index contributed by atoms with van der Waals surface area (Å²) in [6.45, 7) is 8.00. The predicted octanol–water partition coefficient (Wildman–Crippen LogP) is 4.81. The summed E-state index contributed by atoms with van der Waals surface area (Å²) in [5.41, 5.74) is 3.48. The molecule has 5 rings (SSSR count). The summed E-state index contributed by atoms with van der Waals surface area (Å²) >= 11 is 1.26. The zero-order chi connectivity index (χ0) is 30.3. The van der Waals surface area contributed by atoms with E-state index in [9.17, 15) is 14.9 Å². The molecule has 0 saturated carbocycles. The fourth-order valence-electron chi connectivity index (χ4n) is 4.74. The van der Waals surface area contributed by atoms with Crippen LogP contribution in [0.3, 0.4) is 0 Å². The van der Waals surface area contributed by atoms with Crippen molar-refractivity contribution in [2.75, 3.05) is 13.2 Å². The number of fused-ring (bicyclic) bond motifs is 1. The monoisotopic (exact) mass is 591 g/mol. The molecule has 216 valence electrons. The number of aromatic nitrogens is 1. The van der Waals surface area contributed by atoms with Gasteiger partial charge in [-0.25, -0.2) is 9.79 Å². The fourth-order valence-corrected chi connectivity index (χ4v) is 5.78. The van der Waals surface area contributed by atoms with Crippen molar-refractivity contribution in [2.45, 2.75) is 26.5 Å². The molecular weight excluding hydrogens is 562 g/mol. The Labute approximate surface area is 252 Å². The lowest BCUT2D eigenvalue weighted by Gasteiger charge is -2.24. The van der Waals surface area contributed by atoms with Crippen LogP contribution in [0, 0.1) is 11.3 Å². The van der Waals surface area contributed by atoms with E-state index in [1.165, 1.54) is 11.3 Å². The van der Waals surface area contributed by atoms with E-state index in [-0.39, 0.29) is 18.8 Å². The summed E-state index contributed by atoms with van der Waals surface area (Å²) in [6.07, 6.45) is 3.46. The molecule has 1 aliphatic heterocycles. The Morgan fingerprint density at radius 3 is 2.47 bits per heavy atom. The third kappa shape index (κ3) is 6.35. The first-order valence-electron chi connectivity index (χ1n) is 13.7. The molecule has 4 aromatic rings. The molecule has 1 atom stereocenters. The molecule has 0 fully saturated rings. The molecule has 1 unspecified atom stereocenters. The van der Waals surface area contributed by atoms with Crippen molar-refractivity contribution in [1.82, 2.24) is 4.57 Å². The topological polar surface area (TPSA) is 103 Å². The van der Waals surface area contributed by atoms with Crippen LogP contribution in [0.4, 0.5) is 0 Å². The molecule has 0 saturated heterocycles. The van der Waals surface area contributed by atoms with E-state index in [0.29, 0.717) is 44.3 Å². The zero-order valence-electron chi connectivity index (χ0n) is 23.8. The van der Waals surface area contributed by atoms with Crippen molar-refractivity contribution in [3.63, 3.8) is 0 Å².